The Morgan fingerprint density at radius 2 is 2.06 bits per heavy atom. The van der Waals surface area contributed by atoms with Gasteiger partial charge in [0.2, 0.25) is 5.88 Å². The third-order valence-corrected chi connectivity index (χ3v) is 2.16. The van der Waals surface area contributed by atoms with E-state index in [-0.39, 0.29) is 0 Å². The number of hydrogen-bond acceptors (Lipinski definition) is 6. The molecule has 0 saturated heterocycles. The van der Waals surface area contributed by atoms with Crippen LogP contribution in [0.5, 0.6) is 5.88 Å². The van der Waals surface area contributed by atoms with Crippen molar-refractivity contribution in [1.29, 1.82) is 0 Å². The first-order valence-corrected chi connectivity index (χ1v) is 5.70. The van der Waals surface area contributed by atoms with E-state index in [2.05, 4.69) is 20.2 Å². The zero-order valence-corrected chi connectivity index (χ0v) is 10.9. The summed E-state index contributed by atoms with van der Waals surface area (Å²) in [6.45, 7) is 5.94. The Kier molecular flexibility index (Phi) is 4.96. The summed E-state index contributed by atoms with van der Waals surface area (Å²) >= 11 is 0. The van der Waals surface area contributed by atoms with Crippen molar-refractivity contribution in [1.82, 2.24) is 14.9 Å². The minimum atomic E-state index is 0.451. The molecule has 0 aliphatic heterocycles. The predicted molar refractivity (Wildman–Crippen MR) is 69.4 cm³/mol. The molecule has 6 heteroatoms. The Labute approximate surface area is 102 Å². The molecular weight excluding hydrogens is 218 g/mol. The van der Waals surface area contributed by atoms with Crippen LogP contribution in [0.2, 0.25) is 0 Å². The second-order valence-electron chi connectivity index (χ2n) is 4.00. The molecule has 0 spiro atoms. The Bertz CT molecular complexity index is 367. The van der Waals surface area contributed by atoms with Gasteiger partial charge < -0.3 is 20.7 Å². The second-order valence-corrected chi connectivity index (χ2v) is 4.00. The molecule has 0 atom stereocenters. The van der Waals surface area contributed by atoms with Gasteiger partial charge in [-0.1, -0.05) is 0 Å². The third-order valence-electron chi connectivity index (χ3n) is 2.16. The van der Waals surface area contributed by atoms with Crippen LogP contribution >= 0.6 is 0 Å². The number of ether oxygens (including phenoxy) is 1. The van der Waals surface area contributed by atoms with Crippen LogP contribution in [0.1, 0.15) is 12.7 Å². The normalized spacial score (nSPS) is 10.6. The Morgan fingerprint density at radius 3 is 2.65 bits per heavy atom. The van der Waals surface area contributed by atoms with Crippen molar-refractivity contribution >= 4 is 11.5 Å². The van der Waals surface area contributed by atoms with Crippen LogP contribution in [0.25, 0.3) is 0 Å². The van der Waals surface area contributed by atoms with E-state index in [0.717, 1.165) is 13.1 Å². The standard InChI is InChI=1S/C11H21N5O/c1-5-17-11-9(12)10(14-8(2)15-11)13-6-7-16(3)4/h5-7,12H2,1-4H3,(H,13,14,15). The highest BCUT2D eigenvalue weighted by atomic mass is 16.5. The van der Waals surface area contributed by atoms with Crippen molar-refractivity contribution in [2.24, 2.45) is 0 Å². The van der Waals surface area contributed by atoms with Gasteiger partial charge in [-0.2, -0.15) is 4.98 Å². The van der Waals surface area contributed by atoms with E-state index in [0.29, 0.717) is 29.8 Å². The summed E-state index contributed by atoms with van der Waals surface area (Å²) in [7, 11) is 4.03. The van der Waals surface area contributed by atoms with Crippen molar-refractivity contribution in [2.45, 2.75) is 13.8 Å². The van der Waals surface area contributed by atoms with Gasteiger partial charge in [0.15, 0.2) is 5.82 Å². The fraction of sp³-hybridized carbons (Fsp3) is 0.636. The van der Waals surface area contributed by atoms with E-state index < -0.39 is 0 Å². The highest BCUT2D eigenvalue weighted by molar-refractivity contribution is 5.66. The summed E-state index contributed by atoms with van der Waals surface area (Å²) in [6, 6.07) is 0. The summed E-state index contributed by atoms with van der Waals surface area (Å²) < 4.78 is 5.36. The van der Waals surface area contributed by atoms with Crippen LogP contribution in [0.15, 0.2) is 0 Å². The predicted octanol–water partition coefficient (Wildman–Crippen LogP) is 0.739. The molecule has 0 aliphatic carbocycles. The van der Waals surface area contributed by atoms with Crippen LogP contribution in [-0.4, -0.2) is 48.7 Å². The maximum Gasteiger partial charge on any atom is 0.242 e. The fourth-order valence-electron chi connectivity index (χ4n) is 1.33. The van der Waals surface area contributed by atoms with Crippen molar-refractivity contribution in [3.63, 3.8) is 0 Å². The first-order valence-electron chi connectivity index (χ1n) is 5.70. The number of nitrogens with zero attached hydrogens (tertiary/aromatic N) is 3. The Morgan fingerprint density at radius 1 is 1.35 bits per heavy atom. The Balaban J connectivity index is 2.76. The summed E-state index contributed by atoms with van der Waals surface area (Å²) in [5, 5.41) is 3.19. The van der Waals surface area contributed by atoms with Crippen molar-refractivity contribution < 1.29 is 4.74 Å². The largest absolute Gasteiger partial charge is 0.476 e. The average Bonchev–Trinajstić information content (AvgIpc) is 2.24. The number of anilines is 2. The van der Waals surface area contributed by atoms with Crippen LogP contribution in [0.3, 0.4) is 0 Å². The summed E-state index contributed by atoms with van der Waals surface area (Å²) in [6.07, 6.45) is 0. The number of nitrogens with one attached hydrogen (secondary N) is 1. The number of likely N-dealkylation sites (N-methyl/N-ethyl adjacent to an activating group) is 1. The number of nitrogens with two attached hydrogens (primary N) is 1. The number of nitrogen functional groups attached to an aromatic ring is 1. The SMILES string of the molecule is CCOc1nc(C)nc(NCCN(C)C)c1N. The summed E-state index contributed by atoms with van der Waals surface area (Å²) in [5.74, 6) is 1.74. The van der Waals surface area contributed by atoms with E-state index in [1.807, 2.05) is 27.9 Å². The third kappa shape index (κ3) is 4.07. The van der Waals surface area contributed by atoms with Crippen LogP contribution in [-0.2, 0) is 0 Å². The molecule has 0 unspecified atom stereocenters. The lowest BCUT2D eigenvalue weighted by Gasteiger charge is -2.14. The molecule has 1 aromatic heterocycles. The zero-order chi connectivity index (χ0) is 12.8. The van der Waals surface area contributed by atoms with Gasteiger partial charge in [0.05, 0.1) is 6.61 Å². The highest BCUT2D eigenvalue weighted by Crippen LogP contribution is 2.25. The molecule has 96 valence electrons. The van der Waals surface area contributed by atoms with Gasteiger partial charge in [0.25, 0.3) is 0 Å². The molecule has 1 aromatic rings. The molecule has 0 fully saturated rings. The maximum atomic E-state index is 5.93. The number of hydrogen-bond donors (Lipinski definition) is 2. The molecule has 1 rings (SSSR count). The van der Waals surface area contributed by atoms with Gasteiger partial charge in [-0.05, 0) is 27.9 Å². The molecule has 6 nitrogen and oxygen atoms in total. The quantitative estimate of drug-likeness (QED) is 0.762. The monoisotopic (exact) mass is 239 g/mol. The molecule has 0 radical (unpaired) electrons. The van der Waals surface area contributed by atoms with E-state index in [1.165, 1.54) is 0 Å². The smallest absolute Gasteiger partial charge is 0.242 e. The van der Waals surface area contributed by atoms with Crippen molar-refractivity contribution in [3.05, 3.63) is 5.82 Å². The van der Waals surface area contributed by atoms with E-state index in [4.69, 9.17) is 10.5 Å². The molecule has 0 amide bonds. The lowest BCUT2D eigenvalue weighted by atomic mass is 10.4. The fourth-order valence-corrected chi connectivity index (χ4v) is 1.33. The van der Waals surface area contributed by atoms with Crippen molar-refractivity contribution in [3.8, 4) is 5.88 Å². The topological polar surface area (TPSA) is 76.3 Å². The molecule has 1 heterocycles. The zero-order valence-electron chi connectivity index (χ0n) is 10.9. The lowest BCUT2D eigenvalue weighted by molar-refractivity contribution is 0.327. The van der Waals surface area contributed by atoms with Gasteiger partial charge in [-0.15, -0.1) is 0 Å². The van der Waals surface area contributed by atoms with E-state index >= 15 is 0 Å². The van der Waals surface area contributed by atoms with Gasteiger partial charge in [-0.25, -0.2) is 4.98 Å². The molecule has 0 saturated carbocycles. The number of aromatic nitrogens is 2. The first-order chi connectivity index (χ1) is 8.04. The average molecular weight is 239 g/mol. The molecule has 17 heavy (non-hydrogen) atoms. The molecule has 3 N–H and O–H groups in total. The second kappa shape index (κ2) is 6.24. The molecule has 0 bridgehead atoms. The summed E-state index contributed by atoms with van der Waals surface area (Å²) in [4.78, 5) is 10.5. The highest BCUT2D eigenvalue weighted by Gasteiger charge is 2.10. The summed E-state index contributed by atoms with van der Waals surface area (Å²) in [5.41, 5.74) is 6.40. The van der Waals surface area contributed by atoms with Crippen molar-refractivity contribution in [2.75, 3.05) is 44.8 Å². The van der Waals surface area contributed by atoms with E-state index in [9.17, 15) is 0 Å². The van der Waals surface area contributed by atoms with Gasteiger partial charge >= 0.3 is 0 Å². The molecule has 0 aromatic carbocycles. The number of aryl methyl sites for hydroxylation is 1. The van der Waals surface area contributed by atoms with Crippen LogP contribution in [0, 0.1) is 6.92 Å². The molecular formula is C11H21N5O. The minimum Gasteiger partial charge on any atom is -0.476 e. The lowest BCUT2D eigenvalue weighted by Crippen LogP contribution is -2.22. The van der Waals surface area contributed by atoms with Gasteiger partial charge in [0.1, 0.15) is 11.5 Å². The van der Waals surface area contributed by atoms with Gasteiger partial charge in [0, 0.05) is 13.1 Å². The first kappa shape index (κ1) is 13.5. The van der Waals surface area contributed by atoms with Crippen LogP contribution < -0.4 is 15.8 Å². The minimum absolute atomic E-state index is 0.451. The number of rotatable bonds is 6. The maximum absolute atomic E-state index is 5.93. The van der Waals surface area contributed by atoms with E-state index in [1.54, 1.807) is 0 Å². The van der Waals surface area contributed by atoms with Gasteiger partial charge in [-0.3, -0.25) is 0 Å². The van der Waals surface area contributed by atoms with Crippen LogP contribution in [0.4, 0.5) is 11.5 Å². The Hall–Kier alpha value is -1.56. The molecule has 0 aliphatic rings.